The summed E-state index contributed by atoms with van der Waals surface area (Å²) in [4.78, 5) is 25.6. The monoisotopic (exact) mass is 604 g/mol. The molecule has 3 fully saturated rings. The van der Waals surface area contributed by atoms with E-state index in [-0.39, 0.29) is 24.4 Å². The Kier molecular flexibility index (Phi) is 6.44. The number of rotatable bonds is 6. The highest BCUT2D eigenvalue weighted by molar-refractivity contribution is 7.92. The summed E-state index contributed by atoms with van der Waals surface area (Å²) in [5.41, 5.74) is -5.72. The van der Waals surface area contributed by atoms with Crippen LogP contribution in [-0.2, 0) is 25.6 Å². The Labute approximate surface area is 229 Å². The standard InChI is InChI=1S/C24H22F6N6O4S/c1-13-34-32-12-36(13)14-2-3-18(16(8-14)23(25,26)27)41(39,40)15-9-17(19(37)33-21(11-31)4-5-21)35(10-15)20(38)22(6-7-22)24(28,29)30/h2-3,8,12,15,17H,4-7,9-10H2,1H3,(H,33,37)/t15-,17+/m1/s1. The van der Waals surface area contributed by atoms with E-state index >= 15 is 0 Å². The third-order valence-corrected chi connectivity index (χ3v) is 10.1. The average Bonchev–Trinajstić information content (AvgIpc) is 3.77. The van der Waals surface area contributed by atoms with Gasteiger partial charge in [-0.15, -0.1) is 10.2 Å². The van der Waals surface area contributed by atoms with Crippen LogP contribution in [0.4, 0.5) is 26.3 Å². The van der Waals surface area contributed by atoms with Crippen molar-refractivity contribution in [3.63, 3.8) is 0 Å². The lowest BCUT2D eigenvalue weighted by Gasteiger charge is -2.29. The zero-order valence-corrected chi connectivity index (χ0v) is 22.1. The van der Waals surface area contributed by atoms with E-state index in [2.05, 4.69) is 15.5 Å². The average molecular weight is 605 g/mol. The molecule has 0 bridgehead atoms. The second kappa shape index (κ2) is 9.16. The van der Waals surface area contributed by atoms with E-state index in [1.54, 1.807) is 0 Å². The largest absolute Gasteiger partial charge is 0.417 e. The Morgan fingerprint density at radius 2 is 1.78 bits per heavy atom. The van der Waals surface area contributed by atoms with Gasteiger partial charge in [-0.25, -0.2) is 8.42 Å². The predicted molar refractivity (Wildman–Crippen MR) is 126 cm³/mol. The number of nitrogens with zero attached hydrogens (tertiary/aromatic N) is 5. The first-order valence-corrected chi connectivity index (χ1v) is 13.9. The highest BCUT2D eigenvalue weighted by atomic mass is 32.2. The highest BCUT2D eigenvalue weighted by Gasteiger charge is 2.70. The van der Waals surface area contributed by atoms with Gasteiger partial charge in [0.05, 0.1) is 21.8 Å². The molecule has 10 nitrogen and oxygen atoms in total. The van der Waals surface area contributed by atoms with Crippen LogP contribution in [0.1, 0.15) is 43.5 Å². The minimum Gasteiger partial charge on any atom is -0.336 e. The van der Waals surface area contributed by atoms with Gasteiger partial charge >= 0.3 is 12.4 Å². The number of nitriles is 1. The molecule has 1 N–H and O–H groups in total. The summed E-state index contributed by atoms with van der Waals surface area (Å²) < 4.78 is 112. The van der Waals surface area contributed by atoms with Crippen LogP contribution in [0.15, 0.2) is 29.4 Å². The number of carbonyl (C=O) groups excluding carboxylic acids is 2. The van der Waals surface area contributed by atoms with Crippen molar-refractivity contribution < 1.29 is 44.3 Å². The number of amides is 2. The summed E-state index contributed by atoms with van der Waals surface area (Å²) >= 11 is 0. The SMILES string of the molecule is Cc1nncn1-c1ccc(S(=O)(=O)[C@@H]2C[C@@H](C(=O)NC3(C#N)CC3)N(C(=O)C3(C(F)(F)F)CC3)C2)c(C(F)(F)F)c1. The molecule has 41 heavy (non-hydrogen) atoms. The molecular weight excluding hydrogens is 582 g/mol. The van der Waals surface area contributed by atoms with E-state index in [0.717, 1.165) is 18.5 Å². The van der Waals surface area contributed by atoms with Crippen LogP contribution in [-0.4, -0.2) is 69.4 Å². The number of likely N-dealkylation sites (tertiary alicyclic amines) is 1. The zero-order valence-electron chi connectivity index (χ0n) is 21.3. The van der Waals surface area contributed by atoms with Gasteiger partial charge in [0, 0.05) is 12.2 Å². The molecule has 1 aromatic heterocycles. The van der Waals surface area contributed by atoms with Crippen LogP contribution in [0.2, 0.25) is 0 Å². The normalized spacial score (nSPS) is 23.1. The lowest BCUT2D eigenvalue weighted by molar-refractivity contribution is -0.199. The first-order chi connectivity index (χ1) is 19.0. The molecule has 1 aliphatic heterocycles. The van der Waals surface area contributed by atoms with Crippen molar-refractivity contribution in [3.05, 3.63) is 35.9 Å². The van der Waals surface area contributed by atoms with Crippen LogP contribution < -0.4 is 5.32 Å². The minimum absolute atomic E-state index is 0.0913. The summed E-state index contributed by atoms with van der Waals surface area (Å²) in [6.07, 6.45) is -10.4. The van der Waals surface area contributed by atoms with E-state index in [1.165, 1.54) is 11.5 Å². The third kappa shape index (κ3) is 4.81. The molecule has 1 aromatic carbocycles. The van der Waals surface area contributed by atoms with Crippen molar-refractivity contribution in [1.82, 2.24) is 25.0 Å². The molecule has 2 saturated carbocycles. The van der Waals surface area contributed by atoms with Crippen LogP contribution >= 0.6 is 0 Å². The predicted octanol–water partition coefficient (Wildman–Crippen LogP) is 2.85. The zero-order chi connectivity index (χ0) is 30.2. The second-order valence-electron chi connectivity index (χ2n) is 10.6. The van der Waals surface area contributed by atoms with Gasteiger partial charge in [0.25, 0.3) is 0 Å². The van der Waals surface area contributed by atoms with Crippen molar-refractivity contribution in [3.8, 4) is 11.8 Å². The number of halogens is 6. The maximum Gasteiger partial charge on any atom is 0.417 e. The Morgan fingerprint density at radius 3 is 2.27 bits per heavy atom. The molecule has 0 unspecified atom stereocenters. The van der Waals surface area contributed by atoms with Gasteiger partial charge in [0.2, 0.25) is 11.8 Å². The molecule has 2 aliphatic carbocycles. The molecule has 0 radical (unpaired) electrons. The van der Waals surface area contributed by atoms with Gasteiger partial charge in [-0.2, -0.15) is 31.6 Å². The van der Waals surface area contributed by atoms with E-state index in [9.17, 15) is 49.6 Å². The lowest BCUT2D eigenvalue weighted by atomic mass is 10.0. The summed E-state index contributed by atoms with van der Waals surface area (Å²) in [6.45, 7) is 0.534. The number of benzene rings is 1. The third-order valence-electron chi connectivity index (χ3n) is 7.87. The van der Waals surface area contributed by atoms with Gasteiger partial charge in [0.1, 0.15) is 29.1 Å². The summed E-state index contributed by atoms with van der Waals surface area (Å²) in [5.74, 6) is -2.33. The molecule has 5 rings (SSSR count). The number of hydrogen-bond donors (Lipinski definition) is 1. The van der Waals surface area contributed by atoms with Gasteiger partial charge in [-0.05, 0) is 57.2 Å². The molecule has 17 heteroatoms. The first kappa shape index (κ1) is 28.8. The van der Waals surface area contributed by atoms with Crippen LogP contribution in [0.25, 0.3) is 5.69 Å². The number of sulfone groups is 1. The Balaban J connectivity index is 1.53. The molecule has 220 valence electrons. The maximum atomic E-state index is 14.1. The Hall–Kier alpha value is -3.68. The Bertz CT molecular complexity index is 1570. The fourth-order valence-corrected chi connectivity index (χ4v) is 6.98. The fraction of sp³-hybridized carbons (Fsp3) is 0.542. The topological polar surface area (TPSA) is 138 Å². The number of aryl methyl sites for hydroxylation is 1. The lowest BCUT2D eigenvalue weighted by Crippen LogP contribution is -2.53. The number of aromatic nitrogens is 3. The number of alkyl halides is 6. The van der Waals surface area contributed by atoms with Gasteiger partial charge in [-0.1, -0.05) is 0 Å². The van der Waals surface area contributed by atoms with Gasteiger partial charge < -0.3 is 10.2 Å². The molecule has 2 amide bonds. The van der Waals surface area contributed by atoms with E-state index in [1.807, 2.05) is 6.07 Å². The van der Waals surface area contributed by atoms with Crippen molar-refractivity contribution in [2.75, 3.05) is 6.54 Å². The number of nitrogens with one attached hydrogen (secondary N) is 1. The molecule has 1 saturated heterocycles. The molecule has 2 heterocycles. The molecular formula is C24H22F6N6O4S. The highest BCUT2D eigenvalue weighted by Crippen LogP contribution is 2.59. The summed E-state index contributed by atoms with van der Waals surface area (Å²) in [5, 5.41) is 17.1. The van der Waals surface area contributed by atoms with Crippen molar-refractivity contribution in [1.29, 1.82) is 5.26 Å². The van der Waals surface area contributed by atoms with Gasteiger partial charge in [0.15, 0.2) is 9.84 Å². The van der Waals surface area contributed by atoms with Crippen LogP contribution in [0, 0.1) is 23.7 Å². The summed E-state index contributed by atoms with van der Waals surface area (Å²) in [6, 6.07) is 2.52. The van der Waals surface area contributed by atoms with E-state index < -0.39 is 92.5 Å². The molecule has 0 spiro atoms. The van der Waals surface area contributed by atoms with Crippen LogP contribution in [0.3, 0.4) is 0 Å². The van der Waals surface area contributed by atoms with Crippen molar-refractivity contribution in [2.45, 2.75) is 73.1 Å². The second-order valence-corrected chi connectivity index (χ2v) is 12.8. The maximum absolute atomic E-state index is 14.1. The minimum atomic E-state index is -5.16. The fourth-order valence-electron chi connectivity index (χ4n) is 5.09. The van der Waals surface area contributed by atoms with Crippen molar-refractivity contribution in [2.24, 2.45) is 5.41 Å². The van der Waals surface area contributed by atoms with E-state index in [4.69, 9.17) is 0 Å². The van der Waals surface area contributed by atoms with E-state index in [0.29, 0.717) is 11.0 Å². The first-order valence-electron chi connectivity index (χ1n) is 12.4. The summed E-state index contributed by atoms with van der Waals surface area (Å²) in [7, 11) is -4.96. The molecule has 2 atom stereocenters. The molecule has 2 aromatic rings. The Morgan fingerprint density at radius 1 is 1.12 bits per heavy atom. The number of carbonyl (C=O) groups is 2. The van der Waals surface area contributed by atoms with Crippen molar-refractivity contribution >= 4 is 21.7 Å². The quantitative estimate of drug-likeness (QED) is 0.501. The van der Waals surface area contributed by atoms with Gasteiger partial charge in [-0.3, -0.25) is 14.2 Å². The molecule has 3 aliphatic rings. The van der Waals surface area contributed by atoms with Crippen LogP contribution in [0.5, 0.6) is 0 Å². The smallest absolute Gasteiger partial charge is 0.336 e. The number of hydrogen-bond acceptors (Lipinski definition) is 7.